The van der Waals surface area contributed by atoms with Crippen LogP contribution in [0, 0.1) is 5.82 Å². The molecule has 0 saturated heterocycles. The summed E-state index contributed by atoms with van der Waals surface area (Å²) >= 11 is 0. The Morgan fingerprint density at radius 2 is 1.49 bits per heavy atom. The minimum atomic E-state index is -3.70. The highest BCUT2D eigenvalue weighted by molar-refractivity contribution is 7.92. The fraction of sp³-hybridized carbons (Fsp3) is 0.0938. The molecule has 0 aliphatic rings. The average Bonchev–Trinajstić information content (AvgIpc) is 3.67. The Labute approximate surface area is 246 Å². The fourth-order valence-corrected chi connectivity index (χ4v) is 5.37. The van der Waals surface area contributed by atoms with Crippen LogP contribution < -0.4 is 10.0 Å². The highest BCUT2D eigenvalue weighted by Crippen LogP contribution is 2.41. The number of anilines is 1. The Balaban J connectivity index is 1.53. The molecule has 0 spiro atoms. The fourth-order valence-electron chi connectivity index (χ4n) is 4.72. The molecule has 0 radical (unpaired) electrons. The van der Waals surface area contributed by atoms with Crippen molar-refractivity contribution in [1.29, 1.82) is 0 Å². The molecule has 0 saturated carbocycles. The Hall–Kier alpha value is -5.29. The number of sulfonamides is 1. The molecule has 0 fully saturated rings. The summed E-state index contributed by atoms with van der Waals surface area (Å²) in [4.78, 5) is 13.1. The number of hydrogen-bond donors (Lipinski definition) is 2. The van der Waals surface area contributed by atoms with Crippen LogP contribution in [0.3, 0.4) is 0 Å². The normalized spacial score (nSPS) is 11.5. The molecule has 6 rings (SSSR count). The van der Waals surface area contributed by atoms with Crippen molar-refractivity contribution in [3.63, 3.8) is 0 Å². The highest BCUT2D eigenvalue weighted by atomic mass is 32.2. The van der Waals surface area contributed by atoms with E-state index in [1.54, 1.807) is 30.3 Å². The summed E-state index contributed by atoms with van der Waals surface area (Å²) in [5, 5.41) is 11.5. The number of nitrogens with one attached hydrogen (secondary N) is 2. The van der Waals surface area contributed by atoms with Crippen molar-refractivity contribution < 1.29 is 26.4 Å². The topological polar surface area (TPSA) is 127 Å². The zero-order valence-corrected chi connectivity index (χ0v) is 23.9. The van der Waals surface area contributed by atoms with Gasteiger partial charge in [0.1, 0.15) is 17.2 Å². The van der Waals surface area contributed by atoms with Gasteiger partial charge in [0.2, 0.25) is 21.8 Å². The van der Waals surface area contributed by atoms with Crippen molar-refractivity contribution in [1.82, 2.24) is 15.5 Å². The molecule has 2 N–H and O–H groups in total. The van der Waals surface area contributed by atoms with Crippen LogP contribution in [0.5, 0.6) is 0 Å². The molecule has 0 unspecified atom stereocenters. The number of nitrogens with zero attached hydrogens (tertiary/aromatic N) is 2. The lowest BCUT2D eigenvalue weighted by atomic mass is 9.97. The minimum absolute atomic E-state index is 0.156. The number of carbonyl (C=O) groups excluding carboxylic acids is 1. The van der Waals surface area contributed by atoms with Gasteiger partial charge in [-0.2, -0.15) is 0 Å². The number of halogens is 1. The van der Waals surface area contributed by atoms with Gasteiger partial charge in [-0.15, -0.1) is 10.2 Å². The maximum Gasteiger partial charge on any atom is 0.255 e. The van der Waals surface area contributed by atoms with Crippen molar-refractivity contribution >= 4 is 32.6 Å². The first-order valence-electron chi connectivity index (χ1n) is 13.3. The molecule has 0 bridgehead atoms. The van der Waals surface area contributed by atoms with Gasteiger partial charge in [-0.25, -0.2) is 12.8 Å². The Bertz CT molecular complexity index is 2070. The summed E-state index contributed by atoms with van der Waals surface area (Å²) < 4.78 is 53.8. The van der Waals surface area contributed by atoms with Crippen LogP contribution in [-0.4, -0.2) is 37.3 Å². The van der Waals surface area contributed by atoms with E-state index in [0.717, 1.165) is 5.56 Å². The molecule has 1 amide bonds. The Morgan fingerprint density at radius 3 is 2.19 bits per heavy atom. The lowest BCUT2D eigenvalue weighted by Crippen LogP contribution is -2.18. The van der Waals surface area contributed by atoms with Gasteiger partial charge in [-0.05, 0) is 67.1 Å². The quantitative estimate of drug-likeness (QED) is 0.199. The van der Waals surface area contributed by atoms with E-state index >= 15 is 0 Å². The van der Waals surface area contributed by atoms with E-state index in [4.69, 9.17) is 8.83 Å². The monoisotopic (exact) mass is 596 g/mol. The van der Waals surface area contributed by atoms with E-state index in [0.29, 0.717) is 33.5 Å². The third-order valence-electron chi connectivity index (χ3n) is 6.90. The largest absolute Gasteiger partial charge is 0.455 e. The van der Waals surface area contributed by atoms with Crippen LogP contribution in [-0.2, 0) is 10.0 Å². The molecule has 0 atom stereocenters. The maximum atomic E-state index is 13.7. The second-order valence-electron chi connectivity index (χ2n) is 9.65. The van der Waals surface area contributed by atoms with Crippen molar-refractivity contribution in [2.45, 2.75) is 6.92 Å². The summed E-state index contributed by atoms with van der Waals surface area (Å²) in [7, 11) is -2.20. The molecule has 4 aromatic carbocycles. The lowest BCUT2D eigenvalue weighted by Gasteiger charge is -2.13. The van der Waals surface area contributed by atoms with Gasteiger partial charge in [-0.1, -0.05) is 30.3 Å². The first kappa shape index (κ1) is 27.9. The smallest absolute Gasteiger partial charge is 0.255 e. The molecular formula is C32H25FN4O5S. The number of aromatic nitrogens is 2. The first-order chi connectivity index (χ1) is 20.8. The summed E-state index contributed by atoms with van der Waals surface area (Å²) in [6.45, 7) is 1.53. The zero-order valence-electron chi connectivity index (χ0n) is 23.1. The van der Waals surface area contributed by atoms with Crippen LogP contribution in [0.15, 0.2) is 99.8 Å². The van der Waals surface area contributed by atoms with E-state index < -0.39 is 21.7 Å². The van der Waals surface area contributed by atoms with Gasteiger partial charge in [-0.3, -0.25) is 9.52 Å². The molecule has 43 heavy (non-hydrogen) atoms. The van der Waals surface area contributed by atoms with Gasteiger partial charge < -0.3 is 14.2 Å². The number of fused-ring (bicyclic) bond motifs is 1. The second-order valence-corrected chi connectivity index (χ2v) is 11.7. The molecular weight excluding hydrogens is 571 g/mol. The number of rotatable bonds is 8. The zero-order chi connectivity index (χ0) is 30.1. The molecule has 0 aliphatic heterocycles. The lowest BCUT2D eigenvalue weighted by molar-refractivity contribution is 0.0964. The Morgan fingerprint density at radius 1 is 0.814 bits per heavy atom. The highest BCUT2D eigenvalue weighted by Gasteiger charge is 2.25. The van der Waals surface area contributed by atoms with Gasteiger partial charge in [0.25, 0.3) is 5.91 Å². The van der Waals surface area contributed by atoms with Crippen molar-refractivity contribution in [3.05, 3.63) is 102 Å². The van der Waals surface area contributed by atoms with Crippen LogP contribution in [0.4, 0.5) is 10.1 Å². The van der Waals surface area contributed by atoms with E-state index in [-0.39, 0.29) is 34.2 Å². The molecule has 216 valence electrons. The number of benzene rings is 4. The van der Waals surface area contributed by atoms with Crippen LogP contribution in [0.1, 0.15) is 17.3 Å². The molecule has 6 aromatic rings. The average molecular weight is 597 g/mol. The van der Waals surface area contributed by atoms with Gasteiger partial charge in [0, 0.05) is 40.8 Å². The molecule has 0 aliphatic carbocycles. The van der Waals surface area contributed by atoms with Crippen molar-refractivity contribution in [3.8, 4) is 45.4 Å². The minimum Gasteiger partial charge on any atom is -0.455 e. The number of furan rings is 1. The van der Waals surface area contributed by atoms with E-state index in [1.807, 2.05) is 36.4 Å². The summed E-state index contributed by atoms with van der Waals surface area (Å²) in [6, 6.07) is 25.4. The van der Waals surface area contributed by atoms with Crippen LogP contribution >= 0.6 is 0 Å². The predicted octanol–water partition coefficient (Wildman–Crippen LogP) is 6.74. The summed E-state index contributed by atoms with van der Waals surface area (Å²) in [6.07, 6.45) is 0. The molecule has 2 heterocycles. The standard InChI is InChI=1S/C32H25FN4O5S/c1-3-43(39,40)37-26-18-27-25(28(30(38)34-2)29(41-27)19-12-14-23(33)15-13-19)17-24(26)21-10-7-11-22(16-21)32-36-35-31(42-32)20-8-5-4-6-9-20/h4-18,37H,3H2,1-2H3,(H,34,38). The third-order valence-corrected chi connectivity index (χ3v) is 8.19. The molecule has 11 heteroatoms. The van der Waals surface area contributed by atoms with Gasteiger partial charge >= 0.3 is 0 Å². The molecule has 9 nitrogen and oxygen atoms in total. The van der Waals surface area contributed by atoms with E-state index in [1.165, 1.54) is 38.2 Å². The van der Waals surface area contributed by atoms with Gasteiger partial charge in [0.15, 0.2) is 0 Å². The number of hydrogen-bond acceptors (Lipinski definition) is 7. The van der Waals surface area contributed by atoms with Crippen LogP contribution in [0.2, 0.25) is 0 Å². The number of amides is 1. The maximum absolute atomic E-state index is 13.7. The Kier molecular flexibility index (Phi) is 7.24. The molecule has 2 aromatic heterocycles. The first-order valence-corrected chi connectivity index (χ1v) is 15.0. The van der Waals surface area contributed by atoms with Crippen LogP contribution in [0.25, 0.3) is 56.3 Å². The predicted molar refractivity (Wildman–Crippen MR) is 162 cm³/mol. The third kappa shape index (κ3) is 5.50. The van der Waals surface area contributed by atoms with Gasteiger partial charge in [0.05, 0.1) is 17.0 Å². The van der Waals surface area contributed by atoms with E-state index in [9.17, 15) is 17.6 Å². The van der Waals surface area contributed by atoms with E-state index in [2.05, 4.69) is 20.2 Å². The second kappa shape index (κ2) is 11.2. The number of carbonyl (C=O) groups is 1. The summed E-state index contributed by atoms with van der Waals surface area (Å²) in [5.41, 5.74) is 3.75. The van der Waals surface area contributed by atoms with Crippen molar-refractivity contribution in [2.75, 3.05) is 17.5 Å². The SMILES string of the molecule is CCS(=O)(=O)Nc1cc2oc(-c3ccc(F)cc3)c(C(=O)NC)c2cc1-c1cccc(-c2nnc(-c3ccccc3)o2)c1. The van der Waals surface area contributed by atoms with Crippen molar-refractivity contribution in [2.24, 2.45) is 0 Å². The summed E-state index contributed by atoms with van der Waals surface area (Å²) in [5.74, 6) is -0.136.